The number of hydrogen-bond acceptors (Lipinski definition) is 9. The number of ether oxygens (including phenoxy) is 1. The summed E-state index contributed by atoms with van der Waals surface area (Å²) >= 11 is 1.24. The lowest BCUT2D eigenvalue weighted by Gasteiger charge is -2.38. The number of piperazine rings is 1. The average Bonchev–Trinajstić information content (AvgIpc) is 3.22. The number of benzene rings is 1. The Bertz CT molecular complexity index is 1350. The third-order valence-electron chi connectivity index (χ3n) is 5.08. The summed E-state index contributed by atoms with van der Waals surface area (Å²) in [5.41, 5.74) is 0.444. The molecule has 1 N–H and O–H groups in total. The van der Waals surface area contributed by atoms with E-state index >= 15 is 0 Å². The molecule has 1 aromatic carbocycles. The number of carboxylic acids is 1. The van der Waals surface area contributed by atoms with E-state index in [0.717, 1.165) is 28.6 Å². The molecule has 4 rings (SSSR count). The Morgan fingerprint density at radius 2 is 1.91 bits per heavy atom. The van der Waals surface area contributed by atoms with Gasteiger partial charge in [0.15, 0.2) is 10.8 Å². The van der Waals surface area contributed by atoms with Crippen molar-refractivity contribution in [2.45, 2.75) is 30.4 Å². The Morgan fingerprint density at radius 3 is 2.54 bits per heavy atom. The molecule has 1 fully saturated rings. The fourth-order valence-corrected chi connectivity index (χ4v) is 5.87. The van der Waals surface area contributed by atoms with Crippen molar-refractivity contribution in [3.63, 3.8) is 0 Å². The van der Waals surface area contributed by atoms with Gasteiger partial charge in [-0.3, -0.25) is 4.79 Å². The average molecular weight is 536 g/mol. The maximum absolute atomic E-state index is 13.1. The number of hydrogen-bond donors (Lipinski definition) is 1. The summed E-state index contributed by atoms with van der Waals surface area (Å²) in [4.78, 5) is 25.9. The molecule has 1 aliphatic rings. The quantitative estimate of drug-likeness (QED) is 0.455. The fourth-order valence-electron chi connectivity index (χ4n) is 3.39. The second-order valence-corrected chi connectivity index (χ2v) is 10.4. The Kier molecular flexibility index (Phi) is 6.54. The van der Waals surface area contributed by atoms with Gasteiger partial charge in [-0.25, -0.2) is 18.4 Å². The van der Waals surface area contributed by atoms with Crippen LogP contribution in [-0.4, -0.2) is 77.0 Å². The monoisotopic (exact) mass is 535 g/mol. The van der Waals surface area contributed by atoms with Crippen molar-refractivity contribution in [1.29, 1.82) is 0 Å². The van der Waals surface area contributed by atoms with E-state index in [0.29, 0.717) is 21.3 Å². The molecule has 0 saturated carbocycles. The molecule has 188 valence electrons. The lowest BCUT2D eigenvalue weighted by molar-refractivity contribution is -0.253. The molecule has 0 amide bonds. The second kappa shape index (κ2) is 9.16. The number of rotatable bonds is 7. The van der Waals surface area contributed by atoms with Gasteiger partial charge in [-0.2, -0.15) is 26.9 Å². The molecule has 1 saturated heterocycles. The first-order valence-electron chi connectivity index (χ1n) is 9.93. The molecular weight excluding hydrogens is 518 g/mol. The summed E-state index contributed by atoms with van der Waals surface area (Å²) in [6, 6.07) is 1.87. The molecule has 10 nitrogen and oxygen atoms in total. The first-order valence-corrected chi connectivity index (χ1v) is 12.2. The summed E-state index contributed by atoms with van der Waals surface area (Å²) in [5.74, 6) is -1.56. The van der Waals surface area contributed by atoms with Gasteiger partial charge in [0.25, 0.3) is 0 Å². The van der Waals surface area contributed by atoms with Crippen molar-refractivity contribution in [2.75, 3.05) is 24.5 Å². The molecule has 16 heteroatoms. The van der Waals surface area contributed by atoms with Gasteiger partial charge in [0.05, 0.1) is 15.8 Å². The first kappa shape index (κ1) is 25.0. The number of alkyl halides is 4. The Labute approximate surface area is 199 Å². The molecule has 3 heterocycles. The number of sulfonamides is 1. The van der Waals surface area contributed by atoms with E-state index in [1.54, 1.807) is 18.0 Å². The highest BCUT2D eigenvalue weighted by molar-refractivity contribution is 7.89. The maximum Gasteiger partial charge on any atom is 0.461 e. The SMILES string of the molecule is Cc1ncc2sc(N3CCN(S(=O)(=O)c4ccc(OC(F)(F)C(F)F)cc4)[C@@H](C(=O)O)C3)nc2n1. The van der Waals surface area contributed by atoms with Gasteiger partial charge < -0.3 is 14.7 Å². The van der Waals surface area contributed by atoms with E-state index in [1.807, 2.05) is 0 Å². The Hall–Kier alpha value is -3.11. The normalized spacial score (nSPS) is 17.8. The van der Waals surface area contributed by atoms with Crippen molar-refractivity contribution in [2.24, 2.45) is 0 Å². The number of fused-ring (bicyclic) bond motifs is 1. The number of halogens is 4. The van der Waals surface area contributed by atoms with E-state index in [2.05, 4.69) is 19.7 Å². The number of nitrogens with zero attached hydrogens (tertiary/aromatic N) is 5. The first-order chi connectivity index (χ1) is 16.4. The van der Waals surface area contributed by atoms with E-state index < -0.39 is 45.2 Å². The number of thiazole rings is 1. The van der Waals surface area contributed by atoms with Crippen LogP contribution in [0.15, 0.2) is 35.4 Å². The van der Waals surface area contributed by atoms with Gasteiger partial charge >= 0.3 is 18.5 Å². The summed E-state index contributed by atoms with van der Waals surface area (Å²) in [6.45, 7) is 1.41. The van der Waals surface area contributed by atoms with Gasteiger partial charge in [0.2, 0.25) is 10.0 Å². The highest BCUT2D eigenvalue weighted by Gasteiger charge is 2.44. The molecule has 0 radical (unpaired) electrons. The van der Waals surface area contributed by atoms with Crippen LogP contribution < -0.4 is 9.64 Å². The molecule has 3 aromatic rings. The Morgan fingerprint density at radius 1 is 1.23 bits per heavy atom. The zero-order valence-corrected chi connectivity index (χ0v) is 19.4. The minimum Gasteiger partial charge on any atom is -0.480 e. The van der Waals surface area contributed by atoms with Crippen LogP contribution in [0.5, 0.6) is 5.75 Å². The number of carboxylic acid groups (broad SMARTS) is 1. The topological polar surface area (TPSA) is 126 Å². The van der Waals surface area contributed by atoms with Crippen molar-refractivity contribution in [3.05, 3.63) is 36.3 Å². The van der Waals surface area contributed by atoms with Crippen molar-refractivity contribution in [3.8, 4) is 5.75 Å². The van der Waals surface area contributed by atoms with Gasteiger partial charge in [-0.05, 0) is 31.2 Å². The van der Waals surface area contributed by atoms with Crippen molar-refractivity contribution >= 4 is 42.8 Å². The summed E-state index contributed by atoms with van der Waals surface area (Å²) in [6.07, 6.45) is -7.24. The molecule has 0 aliphatic carbocycles. The van der Waals surface area contributed by atoms with Crippen molar-refractivity contribution in [1.82, 2.24) is 19.3 Å². The second-order valence-electron chi connectivity index (χ2n) is 7.45. The molecule has 0 spiro atoms. The number of anilines is 1. The van der Waals surface area contributed by atoms with Crippen LogP contribution >= 0.6 is 11.3 Å². The molecule has 35 heavy (non-hydrogen) atoms. The zero-order chi connectivity index (χ0) is 25.5. The Balaban J connectivity index is 1.55. The molecule has 1 aliphatic heterocycles. The van der Waals surface area contributed by atoms with Gasteiger partial charge in [-0.15, -0.1) is 0 Å². The van der Waals surface area contributed by atoms with Gasteiger partial charge in [0, 0.05) is 19.6 Å². The highest BCUT2D eigenvalue weighted by Crippen LogP contribution is 2.32. The minimum atomic E-state index is -4.75. The number of aryl methyl sites for hydroxylation is 1. The fraction of sp³-hybridized carbons (Fsp3) is 0.368. The van der Waals surface area contributed by atoms with Crippen LogP contribution in [0.25, 0.3) is 10.3 Å². The van der Waals surface area contributed by atoms with E-state index in [9.17, 15) is 35.9 Å². The van der Waals surface area contributed by atoms with E-state index in [1.165, 1.54) is 11.3 Å². The molecule has 2 aromatic heterocycles. The van der Waals surface area contributed by atoms with E-state index in [-0.39, 0.29) is 19.6 Å². The van der Waals surface area contributed by atoms with Crippen LogP contribution in [0.3, 0.4) is 0 Å². The largest absolute Gasteiger partial charge is 0.480 e. The van der Waals surface area contributed by atoms with Gasteiger partial charge in [-0.1, -0.05) is 11.3 Å². The smallest absolute Gasteiger partial charge is 0.461 e. The molecule has 1 atom stereocenters. The maximum atomic E-state index is 13.1. The van der Waals surface area contributed by atoms with E-state index in [4.69, 9.17) is 0 Å². The number of aromatic nitrogens is 3. The predicted octanol–water partition coefficient (Wildman–Crippen LogP) is 2.60. The third-order valence-corrected chi connectivity index (χ3v) is 8.05. The standard InChI is InChI=1S/C19H17F4N5O5S2/c1-10-24-8-14-15(25-10)26-18(34-14)27-6-7-28(13(9-27)16(29)30)35(31,32)12-4-2-11(3-5-12)33-19(22,23)17(20)21/h2-5,8,13,17H,6-7,9H2,1H3,(H,29,30)/t13-/m1/s1. The number of aliphatic carboxylic acids is 1. The molecule has 0 unspecified atom stereocenters. The van der Waals surface area contributed by atoms with Crippen LogP contribution in [-0.2, 0) is 14.8 Å². The molecule has 0 bridgehead atoms. The summed E-state index contributed by atoms with van der Waals surface area (Å²) in [5, 5.41) is 10.2. The van der Waals surface area contributed by atoms with Crippen LogP contribution in [0.2, 0.25) is 0 Å². The number of carbonyl (C=O) groups is 1. The van der Waals surface area contributed by atoms with Crippen LogP contribution in [0.1, 0.15) is 5.82 Å². The highest BCUT2D eigenvalue weighted by atomic mass is 32.2. The lowest BCUT2D eigenvalue weighted by Crippen LogP contribution is -2.58. The summed E-state index contributed by atoms with van der Waals surface area (Å²) < 4.78 is 82.4. The van der Waals surface area contributed by atoms with Crippen molar-refractivity contribution < 1.29 is 40.6 Å². The summed E-state index contributed by atoms with van der Waals surface area (Å²) in [7, 11) is -4.37. The van der Waals surface area contributed by atoms with Crippen LogP contribution in [0.4, 0.5) is 22.7 Å². The third kappa shape index (κ3) is 4.99. The molecular formula is C19H17F4N5O5S2. The van der Waals surface area contributed by atoms with Crippen LogP contribution in [0, 0.1) is 6.92 Å². The predicted molar refractivity (Wildman–Crippen MR) is 115 cm³/mol. The van der Waals surface area contributed by atoms with Gasteiger partial charge in [0.1, 0.15) is 17.6 Å². The minimum absolute atomic E-state index is 0.122. The zero-order valence-electron chi connectivity index (χ0n) is 17.8. The lowest BCUT2D eigenvalue weighted by atomic mass is 10.2.